The molecule has 3 rings (SSSR count). The van der Waals surface area contributed by atoms with Crippen LogP contribution >= 0.6 is 23.2 Å². The van der Waals surface area contributed by atoms with Crippen LogP contribution in [-0.2, 0) is 6.54 Å². The largest absolute Gasteiger partial charge is 0.381 e. The summed E-state index contributed by atoms with van der Waals surface area (Å²) in [5, 5.41) is 5.68. The van der Waals surface area contributed by atoms with Crippen LogP contribution < -0.4 is 5.32 Å². The third-order valence-electron chi connectivity index (χ3n) is 3.03. The van der Waals surface area contributed by atoms with E-state index < -0.39 is 0 Å². The molecule has 0 amide bonds. The van der Waals surface area contributed by atoms with Gasteiger partial charge in [-0.2, -0.15) is 0 Å². The average molecular weight is 291 g/mol. The summed E-state index contributed by atoms with van der Waals surface area (Å²) in [4.78, 5) is 3.18. The third-order valence-corrected chi connectivity index (χ3v) is 3.77. The molecule has 1 aromatic heterocycles. The van der Waals surface area contributed by atoms with Crippen LogP contribution in [0.5, 0.6) is 0 Å². The lowest BCUT2D eigenvalue weighted by atomic mass is 10.1. The van der Waals surface area contributed by atoms with Crippen LogP contribution in [0.3, 0.4) is 0 Å². The van der Waals surface area contributed by atoms with Crippen molar-refractivity contribution in [2.75, 3.05) is 5.32 Å². The summed E-state index contributed by atoms with van der Waals surface area (Å²) >= 11 is 11.9. The Balaban J connectivity index is 1.75. The molecule has 0 aliphatic carbocycles. The molecule has 3 aromatic rings. The van der Waals surface area contributed by atoms with Gasteiger partial charge in [0.25, 0.3) is 0 Å². The van der Waals surface area contributed by atoms with Crippen LogP contribution in [0.2, 0.25) is 10.0 Å². The van der Waals surface area contributed by atoms with Gasteiger partial charge in [-0.05, 0) is 47.3 Å². The van der Waals surface area contributed by atoms with Crippen LogP contribution in [0.1, 0.15) is 5.56 Å². The van der Waals surface area contributed by atoms with Gasteiger partial charge in [-0.3, -0.25) is 0 Å². The number of H-pyrrole nitrogens is 1. The molecular formula is C15H12Cl2N2. The Bertz CT molecular complexity index is 719. The van der Waals surface area contributed by atoms with E-state index in [0.717, 1.165) is 17.7 Å². The van der Waals surface area contributed by atoms with Crippen molar-refractivity contribution in [2.45, 2.75) is 6.54 Å². The van der Waals surface area contributed by atoms with Crippen LogP contribution in [0.4, 0.5) is 5.69 Å². The van der Waals surface area contributed by atoms with E-state index in [0.29, 0.717) is 10.0 Å². The molecule has 2 nitrogen and oxygen atoms in total. The summed E-state index contributed by atoms with van der Waals surface area (Å²) in [6, 6.07) is 14.0. The van der Waals surface area contributed by atoms with E-state index in [-0.39, 0.29) is 0 Å². The van der Waals surface area contributed by atoms with E-state index in [9.17, 15) is 0 Å². The summed E-state index contributed by atoms with van der Waals surface area (Å²) in [5.74, 6) is 0. The Morgan fingerprint density at radius 1 is 0.947 bits per heavy atom. The molecule has 0 saturated heterocycles. The maximum atomic E-state index is 5.98. The molecule has 0 saturated carbocycles. The van der Waals surface area contributed by atoms with Crippen molar-refractivity contribution in [3.63, 3.8) is 0 Å². The first-order valence-corrected chi connectivity index (χ1v) is 6.73. The predicted molar refractivity (Wildman–Crippen MR) is 82.1 cm³/mol. The number of anilines is 1. The summed E-state index contributed by atoms with van der Waals surface area (Å²) in [6.07, 6.45) is 1.95. The minimum Gasteiger partial charge on any atom is -0.381 e. The van der Waals surface area contributed by atoms with Gasteiger partial charge in [-0.15, -0.1) is 0 Å². The van der Waals surface area contributed by atoms with Gasteiger partial charge < -0.3 is 10.3 Å². The van der Waals surface area contributed by atoms with Gasteiger partial charge in [0.05, 0.1) is 10.0 Å². The SMILES string of the molecule is Clc1ccc(NCc2ccc3[nH]ccc3c2)cc1Cl. The molecule has 0 bridgehead atoms. The highest BCUT2D eigenvalue weighted by Gasteiger charge is 2.00. The first-order valence-electron chi connectivity index (χ1n) is 5.97. The monoisotopic (exact) mass is 290 g/mol. The fourth-order valence-electron chi connectivity index (χ4n) is 2.02. The van der Waals surface area contributed by atoms with E-state index in [2.05, 4.69) is 34.6 Å². The van der Waals surface area contributed by atoms with E-state index in [1.807, 2.05) is 18.3 Å². The zero-order chi connectivity index (χ0) is 13.2. The molecule has 0 aliphatic rings. The van der Waals surface area contributed by atoms with Crippen LogP contribution in [0, 0.1) is 0 Å². The Labute approximate surface area is 121 Å². The average Bonchev–Trinajstić information content (AvgIpc) is 2.87. The second-order valence-corrected chi connectivity index (χ2v) is 5.20. The predicted octanol–water partition coefficient (Wildman–Crippen LogP) is 5.09. The Hall–Kier alpha value is -1.64. The number of hydrogen-bond acceptors (Lipinski definition) is 1. The Kier molecular flexibility index (Phi) is 3.36. The van der Waals surface area contributed by atoms with Crippen molar-refractivity contribution in [1.29, 1.82) is 0 Å². The van der Waals surface area contributed by atoms with Crippen LogP contribution in [0.25, 0.3) is 10.9 Å². The quantitative estimate of drug-likeness (QED) is 0.691. The molecule has 0 spiro atoms. The van der Waals surface area contributed by atoms with Crippen molar-refractivity contribution in [3.05, 3.63) is 64.3 Å². The fourth-order valence-corrected chi connectivity index (χ4v) is 2.32. The van der Waals surface area contributed by atoms with E-state index in [4.69, 9.17) is 23.2 Å². The molecule has 0 atom stereocenters. The number of nitrogens with one attached hydrogen (secondary N) is 2. The molecule has 96 valence electrons. The summed E-state index contributed by atoms with van der Waals surface area (Å²) in [7, 11) is 0. The van der Waals surface area contributed by atoms with Crippen molar-refractivity contribution in [2.24, 2.45) is 0 Å². The number of halogens is 2. The molecule has 1 heterocycles. The van der Waals surface area contributed by atoms with Gasteiger partial charge in [0, 0.05) is 23.9 Å². The lowest BCUT2D eigenvalue weighted by Gasteiger charge is -2.08. The number of benzene rings is 2. The zero-order valence-corrected chi connectivity index (χ0v) is 11.6. The zero-order valence-electron chi connectivity index (χ0n) is 10.1. The van der Waals surface area contributed by atoms with Gasteiger partial charge >= 0.3 is 0 Å². The highest BCUT2D eigenvalue weighted by atomic mass is 35.5. The molecule has 2 N–H and O–H groups in total. The second-order valence-electron chi connectivity index (χ2n) is 4.38. The summed E-state index contributed by atoms with van der Waals surface area (Å²) in [6.45, 7) is 0.749. The lowest BCUT2D eigenvalue weighted by Crippen LogP contribution is -1.99. The molecule has 2 aromatic carbocycles. The molecule has 0 aliphatic heterocycles. The Morgan fingerprint density at radius 2 is 1.84 bits per heavy atom. The van der Waals surface area contributed by atoms with Crippen molar-refractivity contribution < 1.29 is 0 Å². The molecule has 0 unspecified atom stereocenters. The highest BCUT2D eigenvalue weighted by molar-refractivity contribution is 6.42. The number of fused-ring (bicyclic) bond motifs is 1. The minimum atomic E-state index is 0.563. The Morgan fingerprint density at radius 3 is 2.68 bits per heavy atom. The molecular weight excluding hydrogens is 279 g/mol. The first kappa shape index (κ1) is 12.4. The van der Waals surface area contributed by atoms with Gasteiger partial charge in [-0.25, -0.2) is 0 Å². The molecule has 19 heavy (non-hydrogen) atoms. The smallest absolute Gasteiger partial charge is 0.0612 e. The van der Waals surface area contributed by atoms with Crippen molar-refractivity contribution in [1.82, 2.24) is 4.98 Å². The van der Waals surface area contributed by atoms with E-state index >= 15 is 0 Å². The van der Waals surface area contributed by atoms with Gasteiger partial charge in [0.1, 0.15) is 0 Å². The standard InChI is InChI=1S/C15H12Cl2N2/c16-13-3-2-12(8-14(13)17)19-9-10-1-4-15-11(7-10)5-6-18-15/h1-8,18-19H,9H2. The maximum Gasteiger partial charge on any atom is 0.0612 e. The van der Waals surface area contributed by atoms with Crippen molar-refractivity contribution >= 4 is 39.8 Å². The number of aromatic nitrogens is 1. The van der Waals surface area contributed by atoms with Gasteiger partial charge in [-0.1, -0.05) is 29.3 Å². The minimum absolute atomic E-state index is 0.563. The molecule has 0 radical (unpaired) electrons. The topological polar surface area (TPSA) is 27.8 Å². The summed E-state index contributed by atoms with van der Waals surface area (Å²) < 4.78 is 0. The number of hydrogen-bond donors (Lipinski definition) is 2. The highest BCUT2D eigenvalue weighted by Crippen LogP contribution is 2.25. The van der Waals surface area contributed by atoms with Crippen molar-refractivity contribution in [3.8, 4) is 0 Å². The van der Waals surface area contributed by atoms with Crippen LogP contribution in [-0.4, -0.2) is 4.98 Å². The maximum absolute atomic E-state index is 5.98. The lowest BCUT2D eigenvalue weighted by molar-refractivity contribution is 1.15. The second kappa shape index (κ2) is 5.16. The molecule has 4 heteroatoms. The van der Waals surface area contributed by atoms with Gasteiger partial charge in [0.2, 0.25) is 0 Å². The van der Waals surface area contributed by atoms with E-state index in [1.54, 1.807) is 6.07 Å². The summed E-state index contributed by atoms with van der Waals surface area (Å²) in [5.41, 5.74) is 3.33. The fraction of sp³-hybridized carbons (Fsp3) is 0.0667. The molecule has 0 fully saturated rings. The number of aromatic amines is 1. The normalized spacial score (nSPS) is 10.8. The van der Waals surface area contributed by atoms with E-state index in [1.165, 1.54) is 10.9 Å². The van der Waals surface area contributed by atoms with Gasteiger partial charge in [0.15, 0.2) is 0 Å². The number of rotatable bonds is 3. The first-order chi connectivity index (χ1) is 9.22. The van der Waals surface area contributed by atoms with Crippen LogP contribution in [0.15, 0.2) is 48.7 Å². The third kappa shape index (κ3) is 2.70.